The number of nitrogens with zero attached hydrogens (tertiary/aromatic N) is 2. The van der Waals surface area contributed by atoms with Crippen molar-refractivity contribution in [3.05, 3.63) is 49.9 Å². The van der Waals surface area contributed by atoms with Crippen LogP contribution in [0.4, 0.5) is 23.0 Å². The molecule has 0 bridgehead atoms. The number of nitrogens with one attached hydrogen (secondary N) is 2. The first-order chi connectivity index (χ1) is 9.99. The molecule has 0 saturated carbocycles. The highest BCUT2D eigenvalue weighted by Gasteiger charge is 2.12. The predicted octanol–water partition coefficient (Wildman–Crippen LogP) is 4.58. The number of aromatic nitrogens is 1. The first kappa shape index (κ1) is 15.5. The van der Waals surface area contributed by atoms with Gasteiger partial charge in [0.1, 0.15) is 11.6 Å². The van der Waals surface area contributed by atoms with Gasteiger partial charge in [-0.2, -0.15) is 0 Å². The molecule has 0 spiro atoms. The van der Waals surface area contributed by atoms with Gasteiger partial charge in [0.25, 0.3) is 5.69 Å². The average Bonchev–Trinajstić information content (AvgIpc) is 2.42. The van der Waals surface area contributed by atoms with Crippen molar-refractivity contribution in [3.8, 4) is 0 Å². The van der Waals surface area contributed by atoms with E-state index < -0.39 is 4.92 Å². The number of nitro groups is 1. The van der Waals surface area contributed by atoms with Gasteiger partial charge in [-0.25, -0.2) is 4.98 Å². The Bertz CT molecular complexity index is 681. The van der Waals surface area contributed by atoms with Gasteiger partial charge < -0.3 is 10.6 Å². The van der Waals surface area contributed by atoms with Gasteiger partial charge in [0.05, 0.1) is 27.8 Å². The number of rotatable bonds is 5. The van der Waals surface area contributed by atoms with E-state index in [0.717, 1.165) is 4.47 Å². The number of hydrogen-bond donors (Lipinski definition) is 2. The van der Waals surface area contributed by atoms with Crippen LogP contribution < -0.4 is 10.6 Å². The first-order valence-corrected chi connectivity index (χ1v) is 7.29. The van der Waals surface area contributed by atoms with Crippen LogP contribution in [0.25, 0.3) is 0 Å². The van der Waals surface area contributed by atoms with Crippen molar-refractivity contribution in [1.82, 2.24) is 4.98 Å². The van der Waals surface area contributed by atoms with Crippen molar-refractivity contribution in [3.63, 3.8) is 0 Å². The molecule has 1 heterocycles. The van der Waals surface area contributed by atoms with Crippen LogP contribution in [0.1, 0.15) is 6.92 Å². The van der Waals surface area contributed by atoms with Gasteiger partial charge in [0.15, 0.2) is 0 Å². The zero-order valence-corrected chi connectivity index (χ0v) is 13.4. The number of halogens is 2. The van der Waals surface area contributed by atoms with E-state index in [4.69, 9.17) is 11.6 Å². The summed E-state index contributed by atoms with van der Waals surface area (Å²) in [5, 5.41) is 17.4. The molecule has 1 aromatic carbocycles. The van der Waals surface area contributed by atoms with Crippen LogP contribution in [0.15, 0.2) is 34.8 Å². The smallest absolute Gasteiger partial charge is 0.276 e. The summed E-state index contributed by atoms with van der Waals surface area (Å²) < 4.78 is 0.846. The summed E-state index contributed by atoms with van der Waals surface area (Å²) in [6, 6.07) is 8.06. The zero-order chi connectivity index (χ0) is 15.4. The predicted molar refractivity (Wildman–Crippen MR) is 87.5 cm³/mol. The lowest BCUT2D eigenvalue weighted by atomic mass is 10.3. The minimum absolute atomic E-state index is 0.0447. The Balaban J connectivity index is 2.36. The minimum atomic E-state index is -0.461. The van der Waals surface area contributed by atoms with Crippen molar-refractivity contribution in [2.24, 2.45) is 0 Å². The Morgan fingerprint density at radius 2 is 2.05 bits per heavy atom. The van der Waals surface area contributed by atoms with Gasteiger partial charge in [-0.3, -0.25) is 10.1 Å². The van der Waals surface area contributed by atoms with Crippen molar-refractivity contribution in [2.45, 2.75) is 6.92 Å². The van der Waals surface area contributed by atoms with Crippen LogP contribution in [-0.4, -0.2) is 16.5 Å². The maximum Gasteiger partial charge on any atom is 0.276 e. The number of anilines is 3. The van der Waals surface area contributed by atoms with E-state index in [1.54, 1.807) is 12.1 Å². The molecule has 2 rings (SSSR count). The van der Waals surface area contributed by atoms with E-state index in [1.807, 2.05) is 13.0 Å². The molecule has 0 aliphatic rings. The van der Waals surface area contributed by atoms with Gasteiger partial charge in [0, 0.05) is 11.0 Å². The van der Waals surface area contributed by atoms with Crippen LogP contribution >= 0.6 is 27.5 Å². The zero-order valence-electron chi connectivity index (χ0n) is 11.1. The maximum atomic E-state index is 11.0. The van der Waals surface area contributed by atoms with Crippen LogP contribution in [0, 0.1) is 10.1 Å². The third-order valence-electron chi connectivity index (χ3n) is 2.57. The quantitative estimate of drug-likeness (QED) is 0.594. The summed E-state index contributed by atoms with van der Waals surface area (Å²) >= 11 is 9.43. The van der Waals surface area contributed by atoms with Crippen molar-refractivity contribution in [1.29, 1.82) is 0 Å². The van der Waals surface area contributed by atoms with Gasteiger partial charge in [0.2, 0.25) is 0 Å². The summed E-state index contributed by atoms with van der Waals surface area (Å²) in [4.78, 5) is 14.8. The number of benzene rings is 1. The molecule has 0 radical (unpaired) electrons. The molecule has 0 atom stereocenters. The molecule has 0 aliphatic heterocycles. The molecule has 110 valence electrons. The van der Waals surface area contributed by atoms with Gasteiger partial charge in [-0.15, -0.1) is 0 Å². The van der Waals surface area contributed by atoms with Crippen LogP contribution in [0.5, 0.6) is 0 Å². The molecule has 0 saturated heterocycles. The molecule has 1 aromatic heterocycles. The summed E-state index contributed by atoms with van der Waals surface area (Å²) in [5.41, 5.74) is 0.576. The fraction of sp³-hybridized carbons (Fsp3) is 0.154. The van der Waals surface area contributed by atoms with Gasteiger partial charge in [-0.05, 0) is 25.1 Å². The lowest BCUT2D eigenvalue weighted by Gasteiger charge is -2.10. The Morgan fingerprint density at radius 1 is 1.33 bits per heavy atom. The Labute approximate surface area is 134 Å². The van der Waals surface area contributed by atoms with Crippen LogP contribution in [0.3, 0.4) is 0 Å². The number of pyridine rings is 1. The molecule has 0 aliphatic carbocycles. The Kier molecular flexibility index (Phi) is 4.98. The molecule has 0 fully saturated rings. The van der Waals surface area contributed by atoms with Gasteiger partial charge >= 0.3 is 0 Å². The van der Waals surface area contributed by atoms with Crippen molar-refractivity contribution in [2.75, 3.05) is 17.2 Å². The lowest BCUT2D eigenvalue weighted by Crippen LogP contribution is -2.03. The minimum Gasteiger partial charge on any atom is -0.370 e. The molecular weight excluding hydrogens is 360 g/mol. The Morgan fingerprint density at radius 3 is 2.67 bits per heavy atom. The molecule has 0 unspecified atom stereocenters. The average molecular weight is 372 g/mol. The fourth-order valence-electron chi connectivity index (χ4n) is 1.69. The highest BCUT2D eigenvalue weighted by atomic mass is 79.9. The third-order valence-corrected chi connectivity index (χ3v) is 3.38. The van der Waals surface area contributed by atoms with E-state index in [2.05, 4.69) is 31.5 Å². The number of hydrogen-bond acceptors (Lipinski definition) is 5. The summed E-state index contributed by atoms with van der Waals surface area (Å²) in [6.45, 7) is 2.51. The molecule has 2 aromatic rings. The van der Waals surface area contributed by atoms with Crippen LogP contribution in [0.2, 0.25) is 5.02 Å². The van der Waals surface area contributed by atoms with Crippen molar-refractivity contribution < 1.29 is 4.92 Å². The van der Waals surface area contributed by atoms with E-state index in [1.165, 1.54) is 12.1 Å². The Hall–Kier alpha value is -1.86. The molecule has 2 N–H and O–H groups in total. The molecule has 8 heteroatoms. The second kappa shape index (κ2) is 6.73. The third kappa shape index (κ3) is 4.05. The second-order valence-corrected chi connectivity index (χ2v) is 5.46. The topological polar surface area (TPSA) is 80.1 Å². The standard InChI is InChI=1S/C13H12BrClN4O2/c1-2-16-12-6-9(19(20)21)7-13(18-12)17-11-4-3-8(14)5-10(11)15/h3-7H,2H2,1H3,(H2,16,17,18). The molecular formula is C13H12BrClN4O2. The second-order valence-electron chi connectivity index (χ2n) is 4.13. The largest absolute Gasteiger partial charge is 0.370 e. The highest BCUT2D eigenvalue weighted by Crippen LogP contribution is 2.29. The summed E-state index contributed by atoms with van der Waals surface area (Å²) in [5.74, 6) is 0.784. The van der Waals surface area contributed by atoms with E-state index in [-0.39, 0.29) is 5.69 Å². The first-order valence-electron chi connectivity index (χ1n) is 6.12. The van der Waals surface area contributed by atoms with Crippen molar-refractivity contribution >= 4 is 50.5 Å². The monoisotopic (exact) mass is 370 g/mol. The van der Waals surface area contributed by atoms with Gasteiger partial charge in [-0.1, -0.05) is 27.5 Å². The summed E-state index contributed by atoms with van der Waals surface area (Å²) in [7, 11) is 0. The fourth-order valence-corrected chi connectivity index (χ4v) is 2.41. The SMILES string of the molecule is CCNc1cc([N+](=O)[O-])cc(Nc2ccc(Br)cc2Cl)n1. The maximum absolute atomic E-state index is 11.0. The summed E-state index contributed by atoms with van der Waals surface area (Å²) in [6.07, 6.45) is 0. The molecule has 0 amide bonds. The van der Waals surface area contributed by atoms with E-state index in [9.17, 15) is 10.1 Å². The molecule has 6 nitrogen and oxygen atoms in total. The van der Waals surface area contributed by atoms with E-state index in [0.29, 0.717) is 28.9 Å². The molecule has 21 heavy (non-hydrogen) atoms. The normalized spacial score (nSPS) is 10.2. The van der Waals surface area contributed by atoms with Crippen LogP contribution in [-0.2, 0) is 0 Å². The van der Waals surface area contributed by atoms with E-state index >= 15 is 0 Å². The lowest BCUT2D eigenvalue weighted by molar-refractivity contribution is -0.384. The highest BCUT2D eigenvalue weighted by molar-refractivity contribution is 9.10.